The molecule has 0 aliphatic heterocycles. The molecule has 0 aromatic heterocycles. The first-order valence-corrected chi connectivity index (χ1v) is 2.41. The van der Waals surface area contributed by atoms with Gasteiger partial charge in [-0.3, -0.25) is 0 Å². The van der Waals surface area contributed by atoms with Crippen LogP contribution in [0.15, 0.2) is 11.3 Å². The highest BCUT2D eigenvalue weighted by molar-refractivity contribution is 5.87. The van der Waals surface area contributed by atoms with E-state index in [1.54, 1.807) is 0 Å². The number of aliphatic hydroxyl groups is 1. The van der Waals surface area contributed by atoms with Crippen LogP contribution in [0, 0.1) is 0 Å². The Hall–Kier alpha value is -1.03. The molecular formula is C5H9NO3. The molecule has 4 heteroatoms. The van der Waals surface area contributed by atoms with Crippen molar-refractivity contribution in [3.63, 3.8) is 0 Å². The third-order valence-electron chi connectivity index (χ3n) is 0.899. The van der Waals surface area contributed by atoms with Crippen molar-refractivity contribution < 1.29 is 15.0 Å². The highest BCUT2D eigenvalue weighted by Gasteiger charge is 2.07. The molecule has 0 saturated carbocycles. The minimum Gasteiger partial charge on any atom is -0.512 e. The minimum absolute atomic E-state index is 0.141. The Kier molecular flexibility index (Phi) is 2.73. The van der Waals surface area contributed by atoms with E-state index in [1.807, 2.05) is 0 Å². The molecular weight excluding hydrogens is 122 g/mol. The lowest BCUT2D eigenvalue weighted by Gasteiger charge is -1.96. The summed E-state index contributed by atoms with van der Waals surface area (Å²) in [5.41, 5.74) is 4.83. The van der Waals surface area contributed by atoms with Gasteiger partial charge in [0.25, 0.3) is 0 Å². The molecule has 4 nitrogen and oxygen atoms in total. The van der Waals surface area contributed by atoms with Crippen LogP contribution in [0.3, 0.4) is 0 Å². The fraction of sp³-hybridized carbons (Fsp3) is 0.400. The summed E-state index contributed by atoms with van der Waals surface area (Å²) in [5.74, 6) is -1.40. The molecule has 52 valence electrons. The van der Waals surface area contributed by atoms with Crippen molar-refractivity contribution in [3.05, 3.63) is 11.3 Å². The molecule has 0 bridgehead atoms. The van der Waals surface area contributed by atoms with Gasteiger partial charge in [-0.1, -0.05) is 0 Å². The first-order chi connectivity index (χ1) is 4.09. The third-order valence-corrected chi connectivity index (χ3v) is 0.899. The number of carbonyl (C=O) groups is 1. The molecule has 0 saturated heterocycles. The fourth-order valence-electron chi connectivity index (χ4n) is 0.390. The molecule has 0 aliphatic rings. The normalized spacial score (nSPS) is 12.7. The van der Waals surface area contributed by atoms with Crippen molar-refractivity contribution in [1.82, 2.24) is 0 Å². The van der Waals surface area contributed by atoms with Gasteiger partial charge in [-0.15, -0.1) is 0 Å². The average Bonchev–Trinajstić information content (AvgIpc) is 1.64. The van der Waals surface area contributed by atoms with Gasteiger partial charge in [-0.25, -0.2) is 4.79 Å². The van der Waals surface area contributed by atoms with E-state index < -0.39 is 5.97 Å². The average molecular weight is 131 g/mol. The number of hydrogen-bond acceptors (Lipinski definition) is 3. The van der Waals surface area contributed by atoms with Crippen LogP contribution < -0.4 is 5.73 Å². The zero-order chi connectivity index (χ0) is 7.44. The van der Waals surface area contributed by atoms with Crippen LogP contribution in [-0.4, -0.2) is 22.7 Å². The Bertz CT molecular complexity index is 146. The van der Waals surface area contributed by atoms with Crippen molar-refractivity contribution in [2.24, 2.45) is 5.73 Å². The second-order valence-electron chi connectivity index (χ2n) is 1.57. The number of aliphatic carboxylic acids is 1. The van der Waals surface area contributed by atoms with E-state index >= 15 is 0 Å². The number of aliphatic hydroxyl groups excluding tert-OH is 1. The van der Waals surface area contributed by atoms with E-state index in [2.05, 4.69) is 0 Å². The van der Waals surface area contributed by atoms with Crippen LogP contribution in [0.4, 0.5) is 0 Å². The first kappa shape index (κ1) is 7.97. The molecule has 0 amide bonds. The summed E-state index contributed by atoms with van der Waals surface area (Å²) >= 11 is 0. The lowest BCUT2D eigenvalue weighted by atomic mass is 10.2. The van der Waals surface area contributed by atoms with Crippen LogP contribution in [0.25, 0.3) is 0 Å². The van der Waals surface area contributed by atoms with Gasteiger partial charge in [0.15, 0.2) is 0 Å². The molecule has 0 atom stereocenters. The lowest BCUT2D eigenvalue weighted by molar-refractivity contribution is -0.132. The molecule has 0 spiro atoms. The molecule has 0 aromatic carbocycles. The maximum absolute atomic E-state index is 10.1. The fourth-order valence-corrected chi connectivity index (χ4v) is 0.390. The van der Waals surface area contributed by atoms with Gasteiger partial charge >= 0.3 is 5.97 Å². The van der Waals surface area contributed by atoms with Gasteiger partial charge in [0.05, 0.1) is 5.57 Å². The standard InChI is InChI=1S/C5H9NO3/c1-3(7)4(2-6)5(8)9/h7H,2,6H2,1H3,(H,8,9)/b4-3+. The Balaban J connectivity index is 4.35. The second kappa shape index (κ2) is 3.09. The SMILES string of the molecule is C/C(O)=C(/CN)C(=O)O. The molecule has 0 fully saturated rings. The zero-order valence-corrected chi connectivity index (χ0v) is 5.09. The van der Waals surface area contributed by atoms with Crippen LogP contribution in [0.5, 0.6) is 0 Å². The topological polar surface area (TPSA) is 83.5 Å². The molecule has 0 heterocycles. The number of carboxylic acid groups (broad SMARTS) is 1. The number of hydrogen-bond donors (Lipinski definition) is 3. The molecule has 0 radical (unpaired) electrons. The largest absolute Gasteiger partial charge is 0.512 e. The lowest BCUT2D eigenvalue weighted by Crippen LogP contribution is -2.13. The number of nitrogens with two attached hydrogens (primary N) is 1. The van der Waals surface area contributed by atoms with E-state index in [4.69, 9.17) is 15.9 Å². The molecule has 4 N–H and O–H groups in total. The summed E-state index contributed by atoms with van der Waals surface area (Å²) in [6, 6.07) is 0. The molecule has 0 aromatic rings. The Morgan fingerprint density at radius 3 is 2.00 bits per heavy atom. The van der Waals surface area contributed by atoms with Gasteiger partial charge in [-0.05, 0) is 6.92 Å². The molecule has 0 rings (SSSR count). The number of allylic oxidation sites excluding steroid dienone is 1. The Morgan fingerprint density at radius 2 is 2.00 bits per heavy atom. The Labute approximate surface area is 52.6 Å². The summed E-state index contributed by atoms with van der Waals surface area (Å²) in [7, 11) is 0. The van der Waals surface area contributed by atoms with E-state index in [1.165, 1.54) is 6.92 Å². The molecule has 0 aliphatic carbocycles. The van der Waals surface area contributed by atoms with Crippen LogP contribution in [0.1, 0.15) is 6.92 Å². The molecule has 9 heavy (non-hydrogen) atoms. The summed E-state index contributed by atoms with van der Waals surface area (Å²) in [6.45, 7) is 1.15. The number of rotatable bonds is 2. The van der Waals surface area contributed by atoms with Crippen LogP contribution in [0.2, 0.25) is 0 Å². The van der Waals surface area contributed by atoms with E-state index in [0.717, 1.165) is 0 Å². The predicted octanol–water partition coefficient (Wildman–Crippen LogP) is -0.138. The Morgan fingerprint density at radius 1 is 1.56 bits per heavy atom. The third kappa shape index (κ3) is 2.14. The van der Waals surface area contributed by atoms with Gasteiger partial charge in [0.1, 0.15) is 5.76 Å². The number of carboxylic acids is 1. The van der Waals surface area contributed by atoms with Gasteiger partial charge < -0.3 is 15.9 Å². The van der Waals surface area contributed by atoms with Gasteiger partial charge in [0.2, 0.25) is 0 Å². The van der Waals surface area contributed by atoms with Gasteiger partial charge in [-0.2, -0.15) is 0 Å². The van der Waals surface area contributed by atoms with Crippen molar-refractivity contribution in [3.8, 4) is 0 Å². The highest BCUT2D eigenvalue weighted by Crippen LogP contribution is 1.96. The quantitative estimate of drug-likeness (QED) is 0.360. The maximum Gasteiger partial charge on any atom is 0.336 e. The van der Waals surface area contributed by atoms with Crippen LogP contribution in [-0.2, 0) is 4.79 Å². The summed E-state index contributed by atoms with van der Waals surface area (Å²) in [6.07, 6.45) is 0. The summed E-state index contributed by atoms with van der Waals surface area (Å²) in [4.78, 5) is 10.1. The van der Waals surface area contributed by atoms with Crippen molar-refractivity contribution in [1.29, 1.82) is 0 Å². The predicted molar refractivity (Wildman–Crippen MR) is 32.0 cm³/mol. The van der Waals surface area contributed by atoms with E-state index in [-0.39, 0.29) is 17.9 Å². The smallest absolute Gasteiger partial charge is 0.336 e. The minimum atomic E-state index is -1.17. The summed E-state index contributed by atoms with van der Waals surface area (Å²) in [5, 5.41) is 16.8. The van der Waals surface area contributed by atoms with Crippen molar-refractivity contribution in [2.75, 3.05) is 6.54 Å². The highest BCUT2D eigenvalue weighted by atomic mass is 16.4. The maximum atomic E-state index is 10.1. The molecule has 0 unspecified atom stereocenters. The van der Waals surface area contributed by atoms with Crippen molar-refractivity contribution in [2.45, 2.75) is 6.92 Å². The van der Waals surface area contributed by atoms with Crippen molar-refractivity contribution >= 4 is 5.97 Å². The summed E-state index contributed by atoms with van der Waals surface area (Å²) < 4.78 is 0. The van der Waals surface area contributed by atoms with E-state index in [9.17, 15) is 4.79 Å². The monoisotopic (exact) mass is 131 g/mol. The first-order valence-electron chi connectivity index (χ1n) is 2.41. The second-order valence-corrected chi connectivity index (χ2v) is 1.57. The van der Waals surface area contributed by atoms with Crippen LogP contribution >= 0.6 is 0 Å². The van der Waals surface area contributed by atoms with Gasteiger partial charge in [0, 0.05) is 6.54 Å². The zero-order valence-electron chi connectivity index (χ0n) is 5.09. The van der Waals surface area contributed by atoms with E-state index in [0.29, 0.717) is 0 Å².